The van der Waals surface area contributed by atoms with Gasteiger partial charge in [-0.1, -0.05) is 29.3 Å². The lowest BCUT2D eigenvalue weighted by Gasteiger charge is -2.22. The number of rotatable bonds is 6. The van der Waals surface area contributed by atoms with Gasteiger partial charge in [0.2, 0.25) is 11.8 Å². The maximum atomic E-state index is 12.5. The highest BCUT2D eigenvalue weighted by molar-refractivity contribution is 6.44. The molecule has 2 aromatic carbocycles. The Balaban J connectivity index is 2.21. The lowest BCUT2D eigenvalue weighted by atomic mass is 10.2. The number of nitrogens with zero attached hydrogens (tertiary/aromatic N) is 1. The van der Waals surface area contributed by atoms with Crippen molar-refractivity contribution in [3.63, 3.8) is 0 Å². The van der Waals surface area contributed by atoms with E-state index in [0.717, 1.165) is 0 Å². The number of halogens is 2. The van der Waals surface area contributed by atoms with Crippen LogP contribution in [0.15, 0.2) is 36.4 Å². The van der Waals surface area contributed by atoms with Crippen molar-refractivity contribution >= 4 is 46.4 Å². The van der Waals surface area contributed by atoms with Crippen LogP contribution in [-0.2, 0) is 9.59 Å². The molecular formula is C18H18Cl2N2O4. The lowest BCUT2D eigenvalue weighted by molar-refractivity contribution is -0.120. The Bertz CT molecular complexity index is 827. The molecule has 0 fully saturated rings. The van der Waals surface area contributed by atoms with E-state index >= 15 is 0 Å². The van der Waals surface area contributed by atoms with Gasteiger partial charge in [-0.05, 0) is 24.3 Å². The van der Waals surface area contributed by atoms with Crippen LogP contribution < -0.4 is 19.7 Å². The summed E-state index contributed by atoms with van der Waals surface area (Å²) < 4.78 is 10.4. The third-order valence-electron chi connectivity index (χ3n) is 3.59. The summed E-state index contributed by atoms with van der Waals surface area (Å²) in [6.45, 7) is 1.11. The number of amides is 2. The van der Waals surface area contributed by atoms with Crippen LogP contribution in [0.5, 0.6) is 11.5 Å². The summed E-state index contributed by atoms with van der Waals surface area (Å²) in [5.74, 6) is 0.273. The Kier molecular flexibility index (Phi) is 6.71. The van der Waals surface area contributed by atoms with Gasteiger partial charge in [-0.2, -0.15) is 0 Å². The fourth-order valence-corrected chi connectivity index (χ4v) is 2.70. The minimum absolute atomic E-state index is 0.208. The highest BCUT2D eigenvalue weighted by Crippen LogP contribution is 2.33. The normalized spacial score (nSPS) is 10.2. The van der Waals surface area contributed by atoms with E-state index < -0.39 is 5.91 Å². The second kappa shape index (κ2) is 8.78. The largest absolute Gasteiger partial charge is 0.497 e. The zero-order valence-electron chi connectivity index (χ0n) is 14.5. The smallest absolute Gasteiger partial charge is 0.244 e. The van der Waals surface area contributed by atoms with E-state index in [0.29, 0.717) is 27.9 Å². The van der Waals surface area contributed by atoms with E-state index in [1.54, 1.807) is 36.4 Å². The summed E-state index contributed by atoms with van der Waals surface area (Å²) in [5, 5.41) is 3.22. The highest BCUT2D eigenvalue weighted by atomic mass is 35.5. The van der Waals surface area contributed by atoms with Crippen LogP contribution in [-0.4, -0.2) is 32.6 Å². The molecule has 0 unspecified atom stereocenters. The van der Waals surface area contributed by atoms with Crippen LogP contribution in [0.3, 0.4) is 0 Å². The molecular weight excluding hydrogens is 379 g/mol. The van der Waals surface area contributed by atoms with Gasteiger partial charge in [-0.25, -0.2) is 0 Å². The molecule has 138 valence electrons. The molecule has 0 aromatic heterocycles. The number of anilines is 2. The molecule has 0 saturated carbocycles. The first-order valence-corrected chi connectivity index (χ1v) is 8.37. The maximum Gasteiger partial charge on any atom is 0.244 e. The maximum absolute atomic E-state index is 12.5. The quantitative estimate of drug-likeness (QED) is 0.800. The SMILES string of the molecule is COc1ccc(NC(=O)CN(C(C)=O)c2cccc(Cl)c2Cl)c(OC)c1. The Morgan fingerprint density at radius 3 is 2.46 bits per heavy atom. The summed E-state index contributed by atoms with van der Waals surface area (Å²) in [6.07, 6.45) is 0. The molecule has 0 saturated heterocycles. The molecule has 2 aromatic rings. The molecule has 26 heavy (non-hydrogen) atoms. The second-order valence-electron chi connectivity index (χ2n) is 5.29. The second-order valence-corrected chi connectivity index (χ2v) is 6.08. The molecule has 2 rings (SSSR count). The van der Waals surface area contributed by atoms with Gasteiger partial charge in [0.05, 0.1) is 35.6 Å². The molecule has 0 aliphatic rings. The fraction of sp³-hybridized carbons (Fsp3) is 0.222. The van der Waals surface area contributed by atoms with E-state index in [4.69, 9.17) is 32.7 Å². The van der Waals surface area contributed by atoms with Crippen LogP contribution in [0.4, 0.5) is 11.4 Å². The fourth-order valence-electron chi connectivity index (χ4n) is 2.30. The van der Waals surface area contributed by atoms with Gasteiger partial charge in [0.15, 0.2) is 0 Å². The minimum Gasteiger partial charge on any atom is -0.497 e. The molecule has 2 amide bonds. The summed E-state index contributed by atoms with van der Waals surface area (Å²) in [5.41, 5.74) is 0.822. The number of hydrogen-bond donors (Lipinski definition) is 1. The number of ether oxygens (including phenoxy) is 2. The first-order valence-electron chi connectivity index (χ1n) is 7.61. The van der Waals surface area contributed by atoms with E-state index in [9.17, 15) is 9.59 Å². The standard InChI is InChI=1S/C18H18Cl2N2O4/c1-11(23)22(15-6-4-5-13(19)18(15)20)10-17(24)21-14-8-7-12(25-2)9-16(14)26-3/h4-9H,10H2,1-3H3,(H,21,24). The van der Waals surface area contributed by atoms with Gasteiger partial charge in [0.25, 0.3) is 0 Å². The molecule has 0 aliphatic heterocycles. The van der Waals surface area contributed by atoms with Gasteiger partial charge in [-0.3, -0.25) is 9.59 Å². The summed E-state index contributed by atoms with van der Waals surface area (Å²) in [6, 6.07) is 9.87. The molecule has 0 spiro atoms. The Morgan fingerprint density at radius 2 is 1.85 bits per heavy atom. The third-order valence-corrected chi connectivity index (χ3v) is 4.40. The van der Waals surface area contributed by atoms with Crippen LogP contribution in [0, 0.1) is 0 Å². The number of carbonyl (C=O) groups excluding carboxylic acids is 2. The number of benzene rings is 2. The zero-order chi connectivity index (χ0) is 19.3. The van der Waals surface area contributed by atoms with E-state index in [1.807, 2.05) is 0 Å². The number of carbonyl (C=O) groups is 2. The van der Waals surface area contributed by atoms with Crippen molar-refractivity contribution in [3.8, 4) is 11.5 Å². The molecule has 1 N–H and O–H groups in total. The Morgan fingerprint density at radius 1 is 1.12 bits per heavy atom. The Hall–Kier alpha value is -2.44. The van der Waals surface area contributed by atoms with Crippen LogP contribution in [0.25, 0.3) is 0 Å². The van der Waals surface area contributed by atoms with Crippen molar-refractivity contribution in [2.24, 2.45) is 0 Å². The third kappa shape index (κ3) is 4.59. The van der Waals surface area contributed by atoms with Crippen LogP contribution in [0.2, 0.25) is 10.0 Å². The van der Waals surface area contributed by atoms with E-state index in [1.165, 1.54) is 26.0 Å². The lowest BCUT2D eigenvalue weighted by Crippen LogP contribution is -2.37. The molecule has 0 bridgehead atoms. The molecule has 8 heteroatoms. The van der Waals surface area contributed by atoms with E-state index in [2.05, 4.69) is 5.32 Å². The van der Waals surface area contributed by atoms with Crippen molar-refractivity contribution in [2.45, 2.75) is 6.92 Å². The van der Waals surface area contributed by atoms with Gasteiger partial charge in [0.1, 0.15) is 18.0 Å². The highest BCUT2D eigenvalue weighted by Gasteiger charge is 2.20. The van der Waals surface area contributed by atoms with Gasteiger partial charge in [0, 0.05) is 13.0 Å². The minimum atomic E-state index is -0.417. The molecule has 6 nitrogen and oxygen atoms in total. The number of hydrogen-bond acceptors (Lipinski definition) is 4. The van der Waals surface area contributed by atoms with Crippen molar-refractivity contribution < 1.29 is 19.1 Å². The van der Waals surface area contributed by atoms with Crippen LogP contribution in [0.1, 0.15) is 6.92 Å². The number of nitrogens with one attached hydrogen (secondary N) is 1. The first-order chi connectivity index (χ1) is 12.4. The summed E-state index contributed by atoms with van der Waals surface area (Å²) in [4.78, 5) is 25.7. The molecule has 0 atom stereocenters. The summed E-state index contributed by atoms with van der Waals surface area (Å²) in [7, 11) is 3.02. The van der Waals surface area contributed by atoms with E-state index in [-0.39, 0.29) is 17.5 Å². The average Bonchev–Trinajstić information content (AvgIpc) is 2.62. The van der Waals surface area contributed by atoms with Gasteiger partial charge in [-0.15, -0.1) is 0 Å². The number of methoxy groups -OCH3 is 2. The molecule has 0 aliphatic carbocycles. The predicted molar refractivity (Wildman–Crippen MR) is 103 cm³/mol. The molecule has 0 heterocycles. The zero-order valence-corrected chi connectivity index (χ0v) is 16.0. The monoisotopic (exact) mass is 396 g/mol. The van der Waals surface area contributed by atoms with Crippen LogP contribution >= 0.6 is 23.2 Å². The van der Waals surface area contributed by atoms with Crippen molar-refractivity contribution in [3.05, 3.63) is 46.4 Å². The molecule has 0 radical (unpaired) electrons. The van der Waals surface area contributed by atoms with Crippen molar-refractivity contribution in [1.29, 1.82) is 0 Å². The van der Waals surface area contributed by atoms with Gasteiger partial charge >= 0.3 is 0 Å². The first kappa shape index (κ1) is 19.9. The van der Waals surface area contributed by atoms with Gasteiger partial charge < -0.3 is 19.7 Å². The Labute approximate surface area is 161 Å². The predicted octanol–water partition coefficient (Wildman–Crippen LogP) is 4.00. The van der Waals surface area contributed by atoms with Crippen molar-refractivity contribution in [1.82, 2.24) is 0 Å². The summed E-state index contributed by atoms with van der Waals surface area (Å²) >= 11 is 12.2. The van der Waals surface area contributed by atoms with Crippen molar-refractivity contribution in [2.75, 3.05) is 31.0 Å². The average molecular weight is 397 g/mol. The topological polar surface area (TPSA) is 67.9 Å².